The number of H-pyrrole nitrogens is 1. The molecule has 2 aromatic rings. The molecule has 2 rings (SSSR count). The molecule has 0 fully saturated rings. The minimum Gasteiger partial charge on any atom is -0.368 e. The third-order valence-electron chi connectivity index (χ3n) is 1.88. The molecule has 5 nitrogen and oxygen atoms in total. The Labute approximate surface area is 91.9 Å². The van der Waals surface area contributed by atoms with E-state index in [9.17, 15) is 0 Å². The molecule has 0 bridgehead atoms. The largest absolute Gasteiger partial charge is 0.368 e. The van der Waals surface area contributed by atoms with E-state index >= 15 is 0 Å². The van der Waals surface area contributed by atoms with Gasteiger partial charge in [-0.2, -0.15) is 0 Å². The number of rotatable bonds is 4. The standard InChI is InChI=1S/C9H10ClN5/c10-8-4-14-9(5-13-8)12-2-1-7-3-11-6-15-7/h3-6H,1-2H2,(H,11,15)(H,12,14). The number of nitrogens with one attached hydrogen (secondary N) is 2. The highest BCUT2D eigenvalue weighted by molar-refractivity contribution is 6.29. The van der Waals surface area contributed by atoms with Crippen LogP contribution in [0.5, 0.6) is 0 Å². The molecule has 0 saturated heterocycles. The van der Waals surface area contributed by atoms with Gasteiger partial charge in [-0.1, -0.05) is 11.6 Å². The zero-order valence-electron chi connectivity index (χ0n) is 7.94. The van der Waals surface area contributed by atoms with Crippen molar-refractivity contribution >= 4 is 17.4 Å². The molecule has 0 saturated carbocycles. The second kappa shape index (κ2) is 4.75. The first-order chi connectivity index (χ1) is 7.34. The number of imidazole rings is 1. The third kappa shape index (κ3) is 2.92. The van der Waals surface area contributed by atoms with Crippen molar-refractivity contribution in [2.45, 2.75) is 6.42 Å². The van der Waals surface area contributed by atoms with E-state index in [0.717, 1.165) is 24.5 Å². The lowest BCUT2D eigenvalue weighted by molar-refractivity contribution is 0.964. The minimum atomic E-state index is 0.397. The van der Waals surface area contributed by atoms with Gasteiger partial charge in [-0.3, -0.25) is 0 Å². The van der Waals surface area contributed by atoms with E-state index in [4.69, 9.17) is 11.6 Å². The molecule has 78 valence electrons. The summed E-state index contributed by atoms with van der Waals surface area (Å²) in [6, 6.07) is 0. The van der Waals surface area contributed by atoms with Crippen LogP contribution >= 0.6 is 11.6 Å². The summed E-state index contributed by atoms with van der Waals surface area (Å²) >= 11 is 5.61. The van der Waals surface area contributed by atoms with Gasteiger partial charge in [0, 0.05) is 24.9 Å². The second-order valence-electron chi connectivity index (χ2n) is 2.98. The van der Waals surface area contributed by atoms with E-state index in [2.05, 4.69) is 25.3 Å². The predicted molar refractivity (Wildman–Crippen MR) is 57.8 cm³/mol. The molecule has 0 aromatic carbocycles. The SMILES string of the molecule is Clc1cnc(NCCc2cnc[nH]2)cn1. The first-order valence-electron chi connectivity index (χ1n) is 4.53. The molecule has 0 amide bonds. The molecular weight excluding hydrogens is 214 g/mol. The first kappa shape index (κ1) is 9.92. The van der Waals surface area contributed by atoms with Gasteiger partial charge in [-0.05, 0) is 0 Å². The van der Waals surface area contributed by atoms with E-state index < -0.39 is 0 Å². The van der Waals surface area contributed by atoms with Crippen LogP contribution in [-0.4, -0.2) is 26.5 Å². The molecule has 0 aliphatic heterocycles. The lowest BCUT2D eigenvalue weighted by Crippen LogP contribution is -2.06. The minimum absolute atomic E-state index is 0.397. The second-order valence-corrected chi connectivity index (χ2v) is 3.37. The fourth-order valence-electron chi connectivity index (χ4n) is 1.15. The number of aromatic nitrogens is 4. The Morgan fingerprint density at radius 2 is 2.20 bits per heavy atom. The summed E-state index contributed by atoms with van der Waals surface area (Å²) in [5.74, 6) is 0.721. The van der Waals surface area contributed by atoms with Crippen molar-refractivity contribution in [3.8, 4) is 0 Å². The highest BCUT2D eigenvalue weighted by atomic mass is 35.5. The summed E-state index contributed by atoms with van der Waals surface area (Å²) in [5.41, 5.74) is 1.09. The van der Waals surface area contributed by atoms with Crippen LogP contribution in [-0.2, 0) is 6.42 Å². The zero-order valence-corrected chi connectivity index (χ0v) is 8.70. The van der Waals surface area contributed by atoms with Crippen LogP contribution in [0.3, 0.4) is 0 Å². The Bertz CT molecular complexity index is 397. The van der Waals surface area contributed by atoms with E-state index in [1.165, 1.54) is 6.20 Å². The van der Waals surface area contributed by atoms with Crippen LogP contribution < -0.4 is 5.32 Å². The molecule has 2 N–H and O–H groups in total. The van der Waals surface area contributed by atoms with Gasteiger partial charge < -0.3 is 10.3 Å². The first-order valence-corrected chi connectivity index (χ1v) is 4.91. The van der Waals surface area contributed by atoms with Gasteiger partial charge in [0.25, 0.3) is 0 Å². The lowest BCUT2D eigenvalue weighted by atomic mass is 10.3. The fraction of sp³-hybridized carbons (Fsp3) is 0.222. The molecule has 0 aliphatic carbocycles. The van der Waals surface area contributed by atoms with Crippen molar-refractivity contribution in [1.82, 2.24) is 19.9 Å². The van der Waals surface area contributed by atoms with Crippen LogP contribution in [0.15, 0.2) is 24.9 Å². The van der Waals surface area contributed by atoms with Gasteiger partial charge in [0.15, 0.2) is 0 Å². The highest BCUT2D eigenvalue weighted by Gasteiger charge is 1.96. The quantitative estimate of drug-likeness (QED) is 0.825. The summed E-state index contributed by atoms with van der Waals surface area (Å²) in [6.45, 7) is 0.776. The van der Waals surface area contributed by atoms with Crippen LogP contribution in [0.4, 0.5) is 5.82 Å². The molecule has 0 spiro atoms. The Morgan fingerprint density at radius 1 is 1.27 bits per heavy atom. The summed E-state index contributed by atoms with van der Waals surface area (Å²) in [6.07, 6.45) is 7.45. The van der Waals surface area contributed by atoms with Crippen molar-refractivity contribution in [1.29, 1.82) is 0 Å². The zero-order chi connectivity index (χ0) is 10.5. The van der Waals surface area contributed by atoms with Crippen LogP contribution in [0.2, 0.25) is 5.15 Å². The summed E-state index contributed by atoms with van der Waals surface area (Å²) in [7, 11) is 0. The number of aromatic amines is 1. The molecule has 0 aliphatic rings. The number of anilines is 1. The molecule has 0 atom stereocenters. The summed E-state index contributed by atoms with van der Waals surface area (Å²) in [5, 5.41) is 3.53. The predicted octanol–water partition coefficient (Wildman–Crippen LogP) is 1.51. The van der Waals surface area contributed by atoms with Gasteiger partial charge >= 0.3 is 0 Å². The molecular formula is C9H10ClN5. The van der Waals surface area contributed by atoms with Gasteiger partial charge in [-0.25, -0.2) is 15.0 Å². The third-order valence-corrected chi connectivity index (χ3v) is 2.07. The average Bonchev–Trinajstić information content (AvgIpc) is 2.74. The lowest BCUT2D eigenvalue weighted by Gasteiger charge is -2.03. The molecule has 2 aromatic heterocycles. The maximum absolute atomic E-state index is 5.61. The topological polar surface area (TPSA) is 66.5 Å². The highest BCUT2D eigenvalue weighted by Crippen LogP contribution is 2.05. The van der Waals surface area contributed by atoms with Crippen molar-refractivity contribution in [3.63, 3.8) is 0 Å². The van der Waals surface area contributed by atoms with E-state index in [1.54, 1.807) is 18.7 Å². The van der Waals surface area contributed by atoms with Crippen molar-refractivity contribution < 1.29 is 0 Å². The van der Waals surface area contributed by atoms with Crippen molar-refractivity contribution in [3.05, 3.63) is 35.8 Å². The number of hydrogen-bond donors (Lipinski definition) is 2. The van der Waals surface area contributed by atoms with Crippen molar-refractivity contribution in [2.24, 2.45) is 0 Å². The normalized spacial score (nSPS) is 10.2. The smallest absolute Gasteiger partial charge is 0.147 e. The Kier molecular flexibility index (Phi) is 3.14. The molecule has 15 heavy (non-hydrogen) atoms. The summed E-state index contributed by atoms with van der Waals surface area (Å²) in [4.78, 5) is 14.9. The number of hydrogen-bond acceptors (Lipinski definition) is 4. The monoisotopic (exact) mass is 223 g/mol. The van der Waals surface area contributed by atoms with E-state index in [1.807, 2.05) is 0 Å². The van der Waals surface area contributed by atoms with E-state index in [-0.39, 0.29) is 0 Å². The van der Waals surface area contributed by atoms with E-state index in [0.29, 0.717) is 5.15 Å². The van der Waals surface area contributed by atoms with Gasteiger partial charge in [0.05, 0.1) is 18.7 Å². The Balaban J connectivity index is 1.81. The van der Waals surface area contributed by atoms with Crippen LogP contribution in [0, 0.1) is 0 Å². The summed E-state index contributed by atoms with van der Waals surface area (Å²) < 4.78 is 0. The Hall–Kier alpha value is -1.62. The van der Waals surface area contributed by atoms with Crippen LogP contribution in [0.1, 0.15) is 5.69 Å². The van der Waals surface area contributed by atoms with Gasteiger partial charge in [-0.15, -0.1) is 0 Å². The van der Waals surface area contributed by atoms with Gasteiger partial charge in [0.1, 0.15) is 11.0 Å². The molecule has 0 unspecified atom stereocenters. The number of halogens is 1. The molecule has 0 radical (unpaired) electrons. The number of nitrogens with zero attached hydrogens (tertiary/aromatic N) is 3. The maximum atomic E-state index is 5.61. The van der Waals surface area contributed by atoms with Crippen LogP contribution in [0.25, 0.3) is 0 Å². The van der Waals surface area contributed by atoms with Crippen molar-refractivity contribution in [2.75, 3.05) is 11.9 Å². The average molecular weight is 224 g/mol. The van der Waals surface area contributed by atoms with Gasteiger partial charge in [0.2, 0.25) is 0 Å². The Morgan fingerprint density at radius 3 is 2.87 bits per heavy atom. The maximum Gasteiger partial charge on any atom is 0.147 e. The fourth-order valence-corrected chi connectivity index (χ4v) is 1.25. The molecule has 2 heterocycles. The molecule has 6 heteroatoms.